The molecule has 0 bridgehead atoms. The van der Waals surface area contributed by atoms with Crippen molar-refractivity contribution in [2.75, 3.05) is 0 Å². The van der Waals surface area contributed by atoms with Gasteiger partial charge in [0, 0.05) is 0 Å². The monoisotopic (exact) mass is 296 g/mol. The number of fused-ring (bicyclic) bond motifs is 1. The van der Waals surface area contributed by atoms with E-state index in [0.29, 0.717) is 11.1 Å². The standard InChI is InChI=1S/C11H6ClFN4OS/c12-8-7(5-1-3-6(13)4-2-5)9-14-10(19)15-11(18)17(9)16-8/h1-4H,(H2,14,15,18,19). The van der Waals surface area contributed by atoms with E-state index in [-0.39, 0.29) is 21.8 Å². The topological polar surface area (TPSA) is 63.0 Å². The molecule has 96 valence electrons. The number of hydrogen-bond donors (Lipinski definition) is 2. The van der Waals surface area contributed by atoms with Crippen molar-refractivity contribution in [2.24, 2.45) is 0 Å². The van der Waals surface area contributed by atoms with Crippen molar-refractivity contribution >= 4 is 29.9 Å². The van der Waals surface area contributed by atoms with E-state index < -0.39 is 5.69 Å². The first-order valence-corrected chi connectivity index (χ1v) is 6.02. The van der Waals surface area contributed by atoms with Crippen LogP contribution in [0.25, 0.3) is 16.8 Å². The van der Waals surface area contributed by atoms with E-state index in [1.807, 2.05) is 0 Å². The van der Waals surface area contributed by atoms with Gasteiger partial charge in [0.25, 0.3) is 0 Å². The lowest BCUT2D eigenvalue weighted by Crippen LogP contribution is -2.18. The Labute approximate surface area is 116 Å². The molecule has 3 aromatic rings. The van der Waals surface area contributed by atoms with Crippen molar-refractivity contribution in [3.05, 3.63) is 45.7 Å². The van der Waals surface area contributed by atoms with Crippen molar-refractivity contribution in [3.63, 3.8) is 0 Å². The van der Waals surface area contributed by atoms with Gasteiger partial charge in [0.1, 0.15) is 5.82 Å². The van der Waals surface area contributed by atoms with E-state index >= 15 is 0 Å². The molecule has 1 N–H and O–H groups in total. The van der Waals surface area contributed by atoms with Crippen molar-refractivity contribution in [1.82, 2.24) is 19.6 Å². The van der Waals surface area contributed by atoms with E-state index in [0.717, 1.165) is 4.52 Å². The number of halogens is 2. The normalized spacial score (nSPS) is 11.1. The molecule has 0 aliphatic carbocycles. The molecule has 0 aliphatic heterocycles. The summed E-state index contributed by atoms with van der Waals surface area (Å²) in [5.41, 5.74) is 0.853. The minimum absolute atomic E-state index is 0.114. The highest BCUT2D eigenvalue weighted by molar-refractivity contribution is 7.80. The SMILES string of the molecule is O=c1[nH]c(S)nc2c(-c3ccc(F)cc3)c(Cl)nn12. The Kier molecular flexibility index (Phi) is 2.79. The van der Waals surface area contributed by atoms with Crippen LogP contribution in [0.15, 0.2) is 34.2 Å². The van der Waals surface area contributed by atoms with Crippen LogP contribution in [-0.2, 0) is 0 Å². The molecule has 0 fully saturated rings. The molecule has 0 spiro atoms. The van der Waals surface area contributed by atoms with Gasteiger partial charge in [0.05, 0.1) is 5.56 Å². The Morgan fingerprint density at radius 3 is 2.68 bits per heavy atom. The summed E-state index contributed by atoms with van der Waals surface area (Å²) >= 11 is 10.0. The number of thiol groups is 1. The van der Waals surface area contributed by atoms with Crippen LogP contribution in [0.5, 0.6) is 0 Å². The summed E-state index contributed by atoms with van der Waals surface area (Å²) in [4.78, 5) is 18.2. The molecule has 0 saturated heterocycles. The van der Waals surface area contributed by atoms with E-state index in [9.17, 15) is 9.18 Å². The van der Waals surface area contributed by atoms with Gasteiger partial charge < -0.3 is 0 Å². The predicted molar refractivity (Wildman–Crippen MR) is 71.3 cm³/mol. The van der Waals surface area contributed by atoms with Crippen molar-refractivity contribution < 1.29 is 4.39 Å². The lowest BCUT2D eigenvalue weighted by atomic mass is 10.1. The fraction of sp³-hybridized carbons (Fsp3) is 0. The molecule has 0 unspecified atom stereocenters. The van der Waals surface area contributed by atoms with Crippen LogP contribution in [0.2, 0.25) is 5.15 Å². The maximum absolute atomic E-state index is 12.9. The van der Waals surface area contributed by atoms with Crippen LogP contribution in [0, 0.1) is 5.82 Å². The summed E-state index contributed by atoms with van der Waals surface area (Å²) in [6.45, 7) is 0. The van der Waals surface area contributed by atoms with Crippen LogP contribution in [-0.4, -0.2) is 19.6 Å². The lowest BCUT2D eigenvalue weighted by molar-refractivity contribution is 0.628. The smallest absolute Gasteiger partial charge is 0.285 e. The number of aromatic amines is 1. The molecule has 8 heteroatoms. The molecule has 19 heavy (non-hydrogen) atoms. The number of aromatic nitrogens is 4. The van der Waals surface area contributed by atoms with Gasteiger partial charge in [-0.25, -0.2) is 14.2 Å². The average molecular weight is 297 g/mol. The highest BCUT2D eigenvalue weighted by Crippen LogP contribution is 2.30. The van der Waals surface area contributed by atoms with E-state index in [1.54, 1.807) is 12.1 Å². The quantitative estimate of drug-likeness (QED) is 0.677. The number of nitrogens with one attached hydrogen (secondary N) is 1. The highest BCUT2D eigenvalue weighted by atomic mass is 35.5. The number of hydrogen-bond acceptors (Lipinski definition) is 4. The van der Waals surface area contributed by atoms with Gasteiger partial charge in [-0.2, -0.15) is 4.52 Å². The molecule has 2 heterocycles. The van der Waals surface area contributed by atoms with Gasteiger partial charge in [-0.05, 0) is 17.7 Å². The predicted octanol–water partition coefficient (Wildman–Crippen LogP) is 2.17. The maximum Gasteiger partial charge on any atom is 0.350 e. The van der Waals surface area contributed by atoms with Crippen LogP contribution in [0.4, 0.5) is 4.39 Å². The molecule has 5 nitrogen and oxygen atoms in total. The highest BCUT2D eigenvalue weighted by Gasteiger charge is 2.16. The third-order valence-corrected chi connectivity index (χ3v) is 3.05. The second-order valence-corrected chi connectivity index (χ2v) is 4.56. The van der Waals surface area contributed by atoms with Gasteiger partial charge in [-0.1, -0.05) is 23.7 Å². The summed E-state index contributed by atoms with van der Waals surface area (Å²) in [5.74, 6) is -0.364. The minimum atomic E-state index is -0.495. The summed E-state index contributed by atoms with van der Waals surface area (Å²) in [6.07, 6.45) is 0. The zero-order valence-electron chi connectivity index (χ0n) is 9.26. The number of nitrogens with zero attached hydrogens (tertiary/aromatic N) is 3. The van der Waals surface area contributed by atoms with E-state index in [1.165, 1.54) is 12.1 Å². The van der Waals surface area contributed by atoms with Crippen molar-refractivity contribution in [1.29, 1.82) is 0 Å². The Bertz CT molecular complexity index is 827. The summed E-state index contributed by atoms with van der Waals surface area (Å²) < 4.78 is 14.0. The Morgan fingerprint density at radius 2 is 2.00 bits per heavy atom. The van der Waals surface area contributed by atoms with Gasteiger partial charge in [-0.15, -0.1) is 17.7 Å². The summed E-state index contributed by atoms with van der Waals surface area (Å²) in [5, 5.41) is 4.17. The number of benzene rings is 1. The van der Waals surface area contributed by atoms with Gasteiger partial charge in [0.2, 0.25) is 0 Å². The Hall–Kier alpha value is -1.86. The molecule has 1 aromatic carbocycles. The zero-order valence-corrected chi connectivity index (χ0v) is 10.9. The van der Waals surface area contributed by atoms with E-state index in [2.05, 4.69) is 27.7 Å². The lowest BCUT2D eigenvalue weighted by Gasteiger charge is -1.99. The second-order valence-electron chi connectivity index (χ2n) is 3.77. The van der Waals surface area contributed by atoms with Gasteiger partial charge in [0.15, 0.2) is 16.0 Å². The van der Waals surface area contributed by atoms with Crippen LogP contribution in [0.3, 0.4) is 0 Å². The van der Waals surface area contributed by atoms with E-state index in [4.69, 9.17) is 11.6 Å². The largest absolute Gasteiger partial charge is 0.350 e. The summed E-state index contributed by atoms with van der Waals surface area (Å²) in [6, 6.07) is 5.67. The first-order chi connectivity index (χ1) is 9.06. The van der Waals surface area contributed by atoms with Crippen LogP contribution < -0.4 is 5.69 Å². The maximum atomic E-state index is 12.9. The fourth-order valence-corrected chi connectivity index (χ4v) is 2.23. The van der Waals surface area contributed by atoms with Gasteiger partial charge >= 0.3 is 5.69 Å². The zero-order chi connectivity index (χ0) is 13.6. The number of H-pyrrole nitrogens is 1. The van der Waals surface area contributed by atoms with Crippen molar-refractivity contribution in [3.8, 4) is 11.1 Å². The molecule has 0 saturated carbocycles. The third kappa shape index (κ3) is 2.00. The molecular weight excluding hydrogens is 291 g/mol. The molecule has 0 amide bonds. The minimum Gasteiger partial charge on any atom is -0.285 e. The average Bonchev–Trinajstić information content (AvgIpc) is 2.67. The second kappa shape index (κ2) is 4.36. The Balaban J connectivity index is 2.37. The first kappa shape index (κ1) is 12.2. The van der Waals surface area contributed by atoms with Gasteiger partial charge in [-0.3, -0.25) is 4.98 Å². The first-order valence-electron chi connectivity index (χ1n) is 5.20. The molecular formula is C11H6ClFN4OS. The molecule has 3 rings (SSSR count). The number of rotatable bonds is 1. The molecule has 2 aromatic heterocycles. The Morgan fingerprint density at radius 1 is 1.32 bits per heavy atom. The third-order valence-electron chi connectivity index (χ3n) is 2.57. The van der Waals surface area contributed by atoms with Crippen molar-refractivity contribution in [2.45, 2.75) is 5.16 Å². The molecule has 0 radical (unpaired) electrons. The fourth-order valence-electron chi connectivity index (χ4n) is 1.77. The summed E-state index contributed by atoms with van der Waals surface area (Å²) in [7, 11) is 0. The molecule has 0 aliphatic rings. The van der Waals surface area contributed by atoms with Crippen LogP contribution >= 0.6 is 24.2 Å². The van der Waals surface area contributed by atoms with Crippen LogP contribution in [0.1, 0.15) is 0 Å². The molecule has 0 atom stereocenters.